The molecule has 0 spiro atoms. The molecule has 0 rings (SSSR count). The monoisotopic (exact) mass is 927 g/mol. The number of carbonyl (C=O) groups excluding carboxylic acids is 3. The first-order valence-electron chi connectivity index (χ1n) is 27.0. The quantitative estimate of drug-likeness (QED) is 0.0262. The predicted molar refractivity (Wildman–Crippen MR) is 288 cm³/mol. The number of unbranched alkanes of at least 4 members (excludes halogenated alkanes) is 16. The molecule has 0 radical (unpaired) electrons. The van der Waals surface area contributed by atoms with Crippen molar-refractivity contribution < 1.29 is 28.6 Å². The molecule has 0 aliphatic carbocycles. The minimum absolute atomic E-state index is 0.127. The van der Waals surface area contributed by atoms with Crippen LogP contribution in [0.15, 0.2) is 122 Å². The Hall–Kier alpha value is -4.19. The van der Waals surface area contributed by atoms with E-state index in [-0.39, 0.29) is 44.0 Å². The highest BCUT2D eigenvalue weighted by Gasteiger charge is 2.19. The van der Waals surface area contributed by atoms with Crippen LogP contribution in [0.4, 0.5) is 0 Å². The maximum atomic E-state index is 12.8. The van der Waals surface area contributed by atoms with Crippen LogP contribution in [0.2, 0.25) is 0 Å². The zero-order valence-corrected chi connectivity index (χ0v) is 43.1. The van der Waals surface area contributed by atoms with Crippen molar-refractivity contribution in [2.75, 3.05) is 13.2 Å². The van der Waals surface area contributed by atoms with Crippen LogP contribution in [0.1, 0.15) is 226 Å². The van der Waals surface area contributed by atoms with Crippen LogP contribution in [0.3, 0.4) is 0 Å². The van der Waals surface area contributed by atoms with E-state index >= 15 is 0 Å². The van der Waals surface area contributed by atoms with Gasteiger partial charge < -0.3 is 14.2 Å². The van der Waals surface area contributed by atoms with Crippen LogP contribution in [-0.4, -0.2) is 37.2 Å². The number of hydrogen-bond donors (Lipinski definition) is 0. The Kier molecular flexibility index (Phi) is 51.0. The molecule has 0 saturated heterocycles. The van der Waals surface area contributed by atoms with Gasteiger partial charge in [0.2, 0.25) is 0 Å². The molecule has 67 heavy (non-hydrogen) atoms. The summed E-state index contributed by atoms with van der Waals surface area (Å²) >= 11 is 0. The van der Waals surface area contributed by atoms with Gasteiger partial charge in [0.05, 0.1) is 0 Å². The highest BCUT2D eigenvalue weighted by Crippen LogP contribution is 2.11. The Labute approximate surface area is 412 Å². The molecule has 1 atom stereocenters. The SMILES string of the molecule is CC/C=C\C/C=C\C/C=C\C/C=C\CCCCCCC(=O)O[C@@H](COC(=O)CCC/C=C\C/C=C\C/C=C\CCCCCCCC)COC(=O)CCCC/C=C\C/C=C\C/C=C\CCCCC. The number of ether oxygens (including phenoxy) is 3. The Balaban J connectivity index is 4.59. The lowest BCUT2D eigenvalue weighted by Gasteiger charge is -2.18. The fraction of sp³-hybridized carbons (Fsp3) is 0.623. The molecule has 0 aromatic rings. The molecule has 0 heterocycles. The van der Waals surface area contributed by atoms with E-state index in [1.54, 1.807) is 0 Å². The minimum atomic E-state index is -0.830. The molecule has 378 valence electrons. The highest BCUT2D eigenvalue weighted by atomic mass is 16.6. The van der Waals surface area contributed by atoms with E-state index in [9.17, 15) is 14.4 Å². The lowest BCUT2D eigenvalue weighted by atomic mass is 10.1. The van der Waals surface area contributed by atoms with Crippen molar-refractivity contribution in [2.24, 2.45) is 0 Å². The average molecular weight is 927 g/mol. The lowest BCUT2D eigenvalue weighted by Crippen LogP contribution is -2.30. The zero-order valence-electron chi connectivity index (χ0n) is 43.1. The third kappa shape index (κ3) is 52.6. The maximum Gasteiger partial charge on any atom is 0.306 e. The number of rotatable bonds is 47. The van der Waals surface area contributed by atoms with E-state index in [0.29, 0.717) is 19.3 Å². The molecule has 0 bridgehead atoms. The number of allylic oxidation sites excluding steroid dienone is 20. The molecular weight excluding hydrogens is 829 g/mol. The summed E-state index contributed by atoms with van der Waals surface area (Å²) in [5.74, 6) is -1.04. The first-order chi connectivity index (χ1) is 33.0. The van der Waals surface area contributed by atoms with Crippen LogP contribution in [-0.2, 0) is 28.6 Å². The van der Waals surface area contributed by atoms with Gasteiger partial charge in [-0.25, -0.2) is 0 Å². The summed E-state index contributed by atoms with van der Waals surface area (Å²) in [5.41, 5.74) is 0. The van der Waals surface area contributed by atoms with Gasteiger partial charge in [-0.3, -0.25) is 14.4 Å². The third-order valence-electron chi connectivity index (χ3n) is 10.9. The van der Waals surface area contributed by atoms with Crippen LogP contribution in [0.25, 0.3) is 0 Å². The van der Waals surface area contributed by atoms with Crippen molar-refractivity contribution in [1.82, 2.24) is 0 Å². The molecule has 0 fully saturated rings. The van der Waals surface area contributed by atoms with Gasteiger partial charge in [0.15, 0.2) is 6.10 Å². The second-order valence-electron chi connectivity index (χ2n) is 17.4. The lowest BCUT2D eigenvalue weighted by molar-refractivity contribution is -0.167. The summed E-state index contributed by atoms with van der Waals surface area (Å²) in [4.78, 5) is 38.0. The number of carbonyl (C=O) groups is 3. The van der Waals surface area contributed by atoms with Crippen molar-refractivity contribution >= 4 is 17.9 Å². The first-order valence-corrected chi connectivity index (χ1v) is 27.0. The second kappa shape index (κ2) is 54.4. The Morgan fingerprint density at radius 3 is 1.03 bits per heavy atom. The molecule has 0 amide bonds. The Morgan fingerprint density at radius 2 is 0.597 bits per heavy atom. The van der Waals surface area contributed by atoms with Crippen LogP contribution in [0.5, 0.6) is 0 Å². The molecule has 0 saturated carbocycles. The summed E-state index contributed by atoms with van der Waals surface area (Å²) in [5, 5.41) is 0. The van der Waals surface area contributed by atoms with E-state index < -0.39 is 6.10 Å². The zero-order chi connectivity index (χ0) is 48.6. The predicted octanol–water partition coefficient (Wildman–Crippen LogP) is 18.1. The average Bonchev–Trinajstić information content (AvgIpc) is 3.33. The van der Waals surface area contributed by atoms with Gasteiger partial charge in [-0.2, -0.15) is 0 Å². The molecule has 6 heteroatoms. The molecule has 6 nitrogen and oxygen atoms in total. The van der Waals surface area contributed by atoms with Crippen molar-refractivity contribution in [3.05, 3.63) is 122 Å². The van der Waals surface area contributed by atoms with Crippen molar-refractivity contribution in [1.29, 1.82) is 0 Å². The van der Waals surface area contributed by atoms with Gasteiger partial charge >= 0.3 is 17.9 Å². The number of hydrogen-bond acceptors (Lipinski definition) is 6. The summed E-state index contributed by atoms with van der Waals surface area (Å²) in [6.07, 6.45) is 74.7. The number of esters is 3. The molecule has 0 aromatic carbocycles. The Bertz CT molecular complexity index is 1440. The summed E-state index contributed by atoms with van der Waals surface area (Å²) in [6.45, 7) is 6.38. The van der Waals surface area contributed by atoms with E-state index in [1.165, 1.54) is 70.6 Å². The van der Waals surface area contributed by atoms with Crippen LogP contribution < -0.4 is 0 Å². The maximum absolute atomic E-state index is 12.8. The topological polar surface area (TPSA) is 78.9 Å². The van der Waals surface area contributed by atoms with Crippen molar-refractivity contribution in [3.63, 3.8) is 0 Å². The molecule has 0 aliphatic rings. The largest absolute Gasteiger partial charge is 0.462 e. The van der Waals surface area contributed by atoms with Gasteiger partial charge in [0.1, 0.15) is 13.2 Å². The highest BCUT2D eigenvalue weighted by molar-refractivity contribution is 5.71. The van der Waals surface area contributed by atoms with Gasteiger partial charge in [-0.15, -0.1) is 0 Å². The van der Waals surface area contributed by atoms with Crippen LogP contribution >= 0.6 is 0 Å². The second-order valence-corrected chi connectivity index (χ2v) is 17.4. The van der Waals surface area contributed by atoms with E-state index in [2.05, 4.69) is 142 Å². The van der Waals surface area contributed by atoms with E-state index in [1.807, 2.05) is 0 Å². The summed E-state index contributed by atoms with van der Waals surface area (Å²) in [6, 6.07) is 0. The third-order valence-corrected chi connectivity index (χ3v) is 10.9. The summed E-state index contributed by atoms with van der Waals surface area (Å²) < 4.78 is 16.7. The first kappa shape index (κ1) is 62.8. The van der Waals surface area contributed by atoms with E-state index in [0.717, 1.165) is 103 Å². The van der Waals surface area contributed by atoms with Crippen molar-refractivity contribution in [2.45, 2.75) is 232 Å². The molecular formula is C61H98O6. The smallest absolute Gasteiger partial charge is 0.306 e. The summed E-state index contributed by atoms with van der Waals surface area (Å²) in [7, 11) is 0. The molecule has 0 unspecified atom stereocenters. The Morgan fingerprint density at radius 1 is 0.313 bits per heavy atom. The van der Waals surface area contributed by atoms with Gasteiger partial charge in [-0.05, 0) is 128 Å². The van der Waals surface area contributed by atoms with E-state index in [4.69, 9.17) is 14.2 Å². The normalized spacial score (nSPS) is 13.1. The van der Waals surface area contributed by atoms with Crippen LogP contribution in [0, 0.1) is 0 Å². The fourth-order valence-corrected chi connectivity index (χ4v) is 6.87. The molecule has 0 aliphatic heterocycles. The molecule has 0 aromatic heterocycles. The van der Waals surface area contributed by atoms with Gasteiger partial charge in [0, 0.05) is 19.3 Å². The van der Waals surface area contributed by atoms with Gasteiger partial charge in [0.25, 0.3) is 0 Å². The minimum Gasteiger partial charge on any atom is -0.462 e. The van der Waals surface area contributed by atoms with Crippen molar-refractivity contribution in [3.8, 4) is 0 Å². The molecule has 0 N–H and O–H groups in total. The standard InChI is InChI=1S/C61H98O6/c1-4-7-10-13-16-19-22-25-28-30-33-36-39-42-45-48-51-54-60(63)66-57-58(56-65-59(62)53-50-47-44-41-38-35-32-27-24-21-18-15-12-9-6-3)67-61(64)55-52-49-46-43-40-37-34-31-29-26-23-20-17-14-11-8-5-2/h8,11,17-18,20-21,25-29,32-34,36-38,41-42,45,58H,4-7,9-10,12-16,19,22-24,30-31,35,39-40,43-44,46-57H2,1-3H3/b11-8-,20-17-,21-18-,28-25-,29-26-,32-27-,36-33-,37-34-,41-38-,45-42-/t58-/m1/s1. The fourth-order valence-electron chi connectivity index (χ4n) is 6.87. The van der Waals surface area contributed by atoms with Gasteiger partial charge in [-0.1, -0.05) is 200 Å².